The summed E-state index contributed by atoms with van der Waals surface area (Å²) in [5.41, 5.74) is 6.91. The summed E-state index contributed by atoms with van der Waals surface area (Å²) >= 11 is 0. The molecule has 5 nitrogen and oxygen atoms in total. The number of aryl methyl sites for hydroxylation is 2. The molecule has 17 heavy (non-hydrogen) atoms. The minimum absolute atomic E-state index is 0. The number of rotatable bonds is 2. The van der Waals surface area contributed by atoms with Crippen LogP contribution in [0.5, 0.6) is 0 Å². The molecular weight excluding hydrogens is 242 g/mol. The van der Waals surface area contributed by atoms with Crippen molar-refractivity contribution < 1.29 is 9.32 Å². The van der Waals surface area contributed by atoms with E-state index in [-0.39, 0.29) is 24.4 Å². The van der Waals surface area contributed by atoms with Gasteiger partial charge in [-0.15, -0.1) is 12.4 Å². The minimum Gasteiger partial charge on any atom is -0.361 e. The molecule has 0 bridgehead atoms. The molecule has 0 saturated carbocycles. The number of amides is 1. The van der Waals surface area contributed by atoms with Gasteiger partial charge >= 0.3 is 0 Å². The number of carbonyl (C=O) groups excluding carboxylic acids is 1. The summed E-state index contributed by atoms with van der Waals surface area (Å²) in [6.45, 7) is 4.86. The molecule has 0 radical (unpaired) electrons. The Bertz CT molecular complexity index is 386. The summed E-state index contributed by atoms with van der Waals surface area (Å²) in [6, 6.07) is 0.168. The molecule has 1 aromatic rings. The molecule has 1 aliphatic rings. The van der Waals surface area contributed by atoms with Crippen LogP contribution >= 0.6 is 12.4 Å². The van der Waals surface area contributed by atoms with Gasteiger partial charge in [0.2, 0.25) is 0 Å². The average molecular weight is 260 g/mol. The van der Waals surface area contributed by atoms with Crippen LogP contribution in [-0.2, 0) is 0 Å². The molecule has 0 aliphatic carbocycles. The SMILES string of the molecule is Cc1noc(C)c1C(=O)N1CCCC1CN.Cl. The van der Waals surface area contributed by atoms with E-state index in [4.69, 9.17) is 10.3 Å². The van der Waals surface area contributed by atoms with Crippen LogP contribution in [0.4, 0.5) is 0 Å². The summed E-state index contributed by atoms with van der Waals surface area (Å²) in [5, 5.41) is 3.81. The first kappa shape index (κ1) is 14.0. The van der Waals surface area contributed by atoms with Gasteiger partial charge in [0.1, 0.15) is 11.3 Å². The molecule has 1 aromatic heterocycles. The Labute approximate surface area is 107 Å². The van der Waals surface area contributed by atoms with Crippen LogP contribution in [0, 0.1) is 13.8 Å². The average Bonchev–Trinajstić information content (AvgIpc) is 2.85. The number of hydrogen-bond acceptors (Lipinski definition) is 4. The van der Waals surface area contributed by atoms with E-state index in [2.05, 4.69) is 5.16 Å². The predicted molar refractivity (Wildman–Crippen MR) is 66.3 cm³/mol. The van der Waals surface area contributed by atoms with Gasteiger partial charge in [0.25, 0.3) is 5.91 Å². The Morgan fingerprint density at radius 1 is 1.59 bits per heavy atom. The zero-order chi connectivity index (χ0) is 11.7. The highest BCUT2D eigenvalue weighted by Gasteiger charge is 2.31. The fourth-order valence-corrected chi connectivity index (χ4v) is 2.28. The molecule has 0 spiro atoms. The van der Waals surface area contributed by atoms with Gasteiger partial charge in [-0.25, -0.2) is 0 Å². The molecule has 2 N–H and O–H groups in total. The molecule has 1 atom stereocenters. The Morgan fingerprint density at radius 3 is 2.82 bits per heavy atom. The lowest BCUT2D eigenvalue weighted by Crippen LogP contribution is -2.40. The van der Waals surface area contributed by atoms with Crippen LogP contribution in [0.15, 0.2) is 4.52 Å². The van der Waals surface area contributed by atoms with E-state index >= 15 is 0 Å². The highest BCUT2D eigenvalue weighted by molar-refractivity contribution is 5.96. The molecule has 1 saturated heterocycles. The largest absolute Gasteiger partial charge is 0.361 e. The van der Waals surface area contributed by atoms with E-state index in [9.17, 15) is 4.79 Å². The number of hydrogen-bond donors (Lipinski definition) is 1. The molecule has 2 heterocycles. The Hall–Kier alpha value is -1.07. The highest BCUT2D eigenvalue weighted by atomic mass is 35.5. The number of halogens is 1. The van der Waals surface area contributed by atoms with E-state index < -0.39 is 0 Å². The first-order valence-corrected chi connectivity index (χ1v) is 5.59. The van der Waals surface area contributed by atoms with Crippen molar-refractivity contribution in [2.75, 3.05) is 13.1 Å². The zero-order valence-electron chi connectivity index (χ0n) is 10.1. The van der Waals surface area contributed by atoms with E-state index in [1.54, 1.807) is 13.8 Å². The lowest BCUT2D eigenvalue weighted by molar-refractivity contribution is 0.0739. The number of nitrogens with zero attached hydrogens (tertiary/aromatic N) is 2. The maximum absolute atomic E-state index is 12.3. The second-order valence-electron chi connectivity index (χ2n) is 4.23. The van der Waals surface area contributed by atoms with Crippen LogP contribution in [-0.4, -0.2) is 35.1 Å². The van der Waals surface area contributed by atoms with Crippen molar-refractivity contribution in [2.24, 2.45) is 5.73 Å². The van der Waals surface area contributed by atoms with Crippen LogP contribution in [0.25, 0.3) is 0 Å². The summed E-state index contributed by atoms with van der Waals surface area (Å²) in [4.78, 5) is 14.1. The third kappa shape index (κ3) is 2.45. The first-order chi connectivity index (χ1) is 7.65. The first-order valence-electron chi connectivity index (χ1n) is 5.59. The maximum Gasteiger partial charge on any atom is 0.259 e. The van der Waals surface area contributed by atoms with Crippen LogP contribution in [0.2, 0.25) is 0 Å². The monoisotopic (exact) mass is 259 g/mol. The van der Waals surface area contributed by atoms with Crippen molar-refractivity contribution >= 4 is 18.3 Å². The van der Waals surface area contributed by atoms with Gasteiger partial charge in [-0.1, -0.05) is 5.16 Å². The summed E-state index contributed by atoms with van der Waals surface area (Å²) in [6.07, 6.45) is 2.02. The van der Waals surface area contributed by atoms with Gasteiger partial charge < -0.3 is 15.2 Å². The van der Waals surface area contributed by atoms with Crippen LogP contribution in [0.3, 0.4) is 0 Å². The molecule has 1 fully saturated rings. The second kappa shape index (κ2) is 5.51. The van der Waals surface area contributed by atoms with E-state index in [0.717, 1.165) is 19.4 Å². The van der Waals surface area contributed by atoms with Gasteiger partial charge in [0.05, 0.1) is 5.69 Å². The fourth-order valence-electron chi connectivity index (χ4n) is 2.28. The van der Waals surface area contributed by atoms with Crippen LogP contribution < -0.4 is 5.73 Å². The van der Waals surface area contributed by atoms with Gasteiger partial charge in [-0.3, -0.25) is 4.79 Å². The smallest absolute Gasteiger partial charge is 0.259 e. The second-order valence-corrected chi connectivity index (χ2v) is 4.23. The molecule has 6 heteroatoms. The zero-order valence-corrected chi connectivity index (χ0v) is 10.9. The molecule has 1 aliphatic heterocycles. The molecule has 1 amide bonds. The molecule has 1 unspecified atom stereocenters. The summed E-state index contributed by atoms with van der Waals surface area (Å²) < 4.78 is 5.02. The van der Waals surface area contributed by atoms with Crippen molar-refractivity contribution in [3.05, 3.63) is 17.0 Å². The number of nitrogens with two attached hydrogens (primary N) is 1. The van der Waals surface area contributed by atoms with Crippen molar-refractivity contribution in [2.45, 2.75) is 32.7 Å². The van der Waals surface area contributed by atoms with Crippen LogP contribution in [0.1, 0.15) is 34.7 Å². The van der Waals surface area contributed by atoms with Gasteiger partial charge in [-0.2, -0.15) is 0 Å². The molecular formula is C11H18ClN3O2. The van der Waals surface area contributed by atoms with Gasteiger partial charge in [0.15, 0.2) is 0 Å². The summed E-state index contributed by atoms with van der Waals surface area (Å²) in [5.74, 6) is 0.592. The minimum atomic E-state index is 0. The van der Waals surface area contributed by atoms with E-state index in [1.165, 1.54) is 0 Å². The standard InChI is InChI=1S/C11H17N3O2.ClH/c1-7-10(8(2)16-13-7)11(15)14-5-3-4-9(14)6-12;/h9H,3-6,12H2,1-2H3;1H. The Balaban J connectivity index is 0.00000144. The quantitative estimate of drug-likeness (QED) is 0.868. The van der Waals surface area contributed by atoms with E-state index in [1.807, 2.05) is 4.90 Å². The Kier molecular flexibility index (Phi) is 4.54. The third-order valence-electron chi connectivity index (χ3n) is 3.16. The van der Waals surface area contributed by atoms with E-state index in [0.29, 0.717) is 23.6 Å². The third-order valence-corrected chi connectivity index (χ3v) is 3.16. The number of carbonyl (C=O) groups is 1. The summed E-state index contributed by atoms with van der Waals surface area (Å²) in [7, 11) is 0. The molecule has 2 rings (SSSR count). The fraction of sp³-hybridized carbons (Fsp3) is 0.636. The number of likely N-dealkylation sites (tertiary alicyclic amines) is 1. The molecule has 0 aromatic carbocycles. The van der Waals surface area contributed by atoms with Gasteiger partial charge in [0, 0.05) is 19.1 Å². The lowest BCUT2D eigenvalue weighted by atomic mass is 10.1. The highest BCUT2D eigenvalue weighted by Crippen LogP contribution is 2.22. The normalized spacial score (nSPS) is 19.2. The number of aromatic nitrogens is 1. The van der Waals surface area contributed by atoms with Crippen molar-refractivity contribution in [3.63, 3.8) is 0 Å². The van der Waals surface area contributed by atoms with Crippen molar-refractivity contribution in [1.82, 2.24) is 10.1 Å². The lowest BCUT2D eigenvalue weighted by Gasteiger charge is -2.23. The van der Waals surface area contributed by atoms with Crippen molar-refractivity contribution in [1.29, 1.82) is 0 Å². The Morgan fingerprint density at radius 2 is 2.29 bits per heavy atom. The maximum atomic E-state index is 12.3. The molecule has 96 valence electrons. The van der Waals surface area contributed by atoms with Crippen molar-refractivity contribution in [3.8, 4) is 0 Å². The topological polar surface area (TPSA) is 72.4 Å². The van der Waals surface area contributed by atoms with Gasteiger partial charge in [-0.05, 0) is 26.7 Å². The predicted octanol–water partition coefficient (Wildman–Crippen LogP) is 1.28.